The highest BCUT2D eigenvalue weighted by Crippen LogP contribution is 2.30. The predicted molar refractivity (Wildman–Crippen MR) is 88.1 cm³/mol. The summed E-state index contributed by atoms with van der Waals surface area (Å²) in [6.45, 7) is 0.616. The fourth-order valence-corrected chi connectivity index (χ4v) is 2.70. The van der Waals surface area contributed by atoms with Crippen LogP contribution in [0, 0.1) is 0 Å². The third kappa shape index (κ3) is 3.56. The molecule has 0 atom stereocenters. The van der Waals surface area contributed by atoms with Gasteiger partial charge in [0.2, 0.25) is 0 Å². The molecule has 0 aliphatic carbocycles. The van der Waals surface area contributed by atoms with Crippen molar-refractivity contribution in [3.8, 4) is 0 Å². The predicted octanol–water partition coefficient (Wildman–Crippen LogP) is 4.88. The third-order valence-electron chi connectivity index (χ3n) is 3.62. The zero-order chi connectivity index (χ0) is 16.2. The topological polar surface area (TPSA) is 37.8 Å². The molecule has 0 saturated carbocycles. The van der Waals surface area contributed by atoms with Crippen LogP contribution in [-0.2, 0) is 6.42 Å². The molecule has 3 nitrogen and oxygen atoms in total. The Bertz CT molecular complexity index is 824. The van der Waals surface area contributed by atoms with Crippen molar-refractivity contribution in [2.45, 2.75) is 12.8 Å². The van der Waals surface area contributed by atoms with Gasteiger partial charge in [-0.05, 0) is 22.8 Å². The molecule has 0 radical (unpaired) electrons. The van der Waals surface area contributed by atoms with Crippen LogP contribution < -0.4 is 5.32 Å². The van der Waals surface area contributed by atoms with Crippen molar-refractivity contribution < 1.29 is 8.78 Å². The minimum absolute atomic E-state index is 0.0693. The average molecular weight is 334 g/mol. The first-order chi connectivity index (χ1) is 11.1. The largest absolute Gasteiger partial charge is 0.370 e. The molecule has 0 bridgehead atoms. The number of anilines is 1. The summed E-state index contributed by atoms with van der Waals surface area (Å²) in [4.78, 5) is 7.88. The van der Waals surface area contributed by atoms with E-state index in [1.807, 2.05) is 12.1 Å². The second-order valence-electron chi connectivity index (χ2n) is 5.06. The highest BCUT2D eigenvalue weighted by molar-refractivity contribution is 6.29. The standard InChI is InChI=1S/C17H14ClF2N3/c18-15-9-16(23-10-22-15)21-8-7-11-5-6-14(17(19)20)13-4-2-1-3-12(11)13/h1-6,9-10,17H,7-8H2,(H,21,22,23). The third-order valence-corrected chi connectivity index (χ3v) is 3.82. The second kappa shape index (κ2) is 6.87. The van der Waals surface area contributed by atoms with E-state index in [2.05, 4.69) is 15.3 Å². The van der Waals surface area contributed by atoms with Crippen LogP contribution in [0.25, 0.3) is 10.8 Å². The molecule has 0 fully saturated rings. The number of nitrogens with one attached hydrogen (secondary N) is 1. The molecular formula is C17H14ClF2N3. The zero-order valence-corrected chi connectivity index (χ0v) is 12.9. The monoisotopic (exact) mass is 333 g/mol. The van der Waals surface area contributed by atoms with Crippen LogP contribution in [0.15, 0.2) is 48.8 Å². The van der Waals surface area contributed by atoms with Crippen molar-refractivity contribution in [2.75, 3.05) is 11.9 Å². The summed E-state index contributed by atoms with van der Waals surface area (Å²) in [7, 11) is 0. The fraction of sp³-hybridized carbons (Fsp3) is 0.176. The second-order valence-corrected chi connectivity index (χ2v) is 5.45. The smallest absolute Gasteiger partial charge is 0.264 e. The maximum absolute atomic E-state index is 13.1. The number of hydrogen-bond acceptors (Lipinski definition) is 3. The number of aromatic nitrogens is 2. The number of rotatable bonds is 5. The summed E-state index contributed by atoms with van der Waals surface area (Å²) in [6.07, 6.45) is -0.404. The molecule has 0 amide bonds. The van der Waals surface area contributed by atoms with Crippen LogP contribution in [0.2, 0.25) is 5.15 Å². The molecule has 1 aromatic heterocycles. The Labute approximate surface area is 137 Å². The molecule has 118 valence electrons. The lowest BCUT2D eigenvalue weighted by Gasteiger charge is -2.11. The average Bonchev–Trinajstić information content (AvgIpc) is 2.55. The van der Waals surface area contributed by atoms with Gasteiger partial charge in [-0.2, -0.15) is 0 Å². The molecule has 3 aromatic rings. The van der Waals surface area contributed by atoms with Crippen molar-refractivity contribution in [3.63, 3.8) is 0 Å². The number of fused-ring (bicyclic) bond motifs is 1. The molecule has 6 heteroatoms. The lowest BCUT2D eigenvalue weighted by atomic mass is 9.98. The Morgan fingerprint density at radius 2 is 1.83 bits per heavy atom. The van der Waals surface area contributed by atoms with E-state index in [-0.39, 0.29) is 5.56 Å². The van der Waals surface area contributed by atoms with Crippen molar-refractivity contribution in [2.24, 2.45) is 0 Å². The van der Waals surface area contributed by atoms with Gasteiger partial charge in [0.1, 0.15) is 17.3 Å². The summed E-state index contributed by atoms with van der Waals surface area (Å²) in [5, 5.41) is 4.98. The lowest BCUT2D eigenvalue weighted by Crippen LogP contribution is -2.07. The zero-order valence-electron chi connectivity index (χ0n) is 12.1. The van der Waals surface area contributed by atoms with Crippen LogP contribution in [0.4, 0.5) is 14.6 Å². The van der Waals surface area contributed by atoms with Crippen LogP contribution in [0.5, 0.6) is 0 Å². The minimum atomic E-state index is -2.48. The van der Waals surface area contributed by atoms with Gasteiger partial charge < -0.3 is 5.32 Å². The van der Waals surface area contributed by atoms with Crippen molar-refractivity contribution in [1.82, 2.24) is 9.97 Å². The summed E-state index contributed by atoms with van der Waals surface area (Å²) >= 11 is 5.80. The Kier molecular flexibility index (Phi) is 4.67. The van der Waals surface area contributed by atoms with Crippen molar-refractivity contribution >= 4 is 28.2 Å². The fourth-order valence-electron chi connectivity index (χ4n) is 2.55. The Morgan fingerprint density at radius 3 is 2.57 bits per heavy atom. The minimum Gasteiger partial charge on any atom is -0.370 e. The number of alkyl halides is 2. The molecule has 0 saturated heterocycles. The first kappa shape index (κ1) is 15.6. The van der Waals surface area contributed by atoms with Crippen molar-refractivity contribution in [3.05, 3.63) is 65.1 Å². The van der Waals surface area contributed by atoms with Gasteiger partial charge in [0.25, 0.3) is 6.43 Å². The van der Waals surface area contributed by atoms with E-state index < -0.39 is 6.43 Å². The molecule has 1 N–H and O–H groups in total. The van der Waals surface area contributed by atoms with Crippen LogP contribution in [0.1, 0.15) is 17.6 Å². The van der Waals surface area contributed by atoms with E-state index >= 15 is 0 Å². The lowest BCUT2D eigenvalue weighted by molar-refractivity contribution is 0.153. The molecular weight excluding hydrogens is 320 g/mol. The normalized spacial score (nSPS) is 11.1. The van der Waals surface area contributed by atoms with Crippen LogP contribution >= 0.6 is 11.6 Å². The van der Waals surface area contributed by atoms with E-state index in [0.717, 1.165) is 10.9 Å². The highest BCUT2D eigenvalue weighted by Gasteiger charge is 2.13. The number of benzene rings is 2. The molecule has 0 unspecified atom stereocenters. The van der Waals surface area contributed by atoms with Crippen molar-refractivity contribution in [1.29, 1.82) is 0 Å². The van der Waals surface area contributed by atoms with Gasteiger partial charge in [-0.25, -0.2) is 18.7 Å². The van der Waals surface area contributed by atoms with Gasteiger partial charge in [-0.15, -0.1) is 0 Å². The summed E-state index contributed by atoms with van der Waals surface area (Å²) in [6, 6.07) is 12.1. The van der Waals surface area contributed by atoms with Gasteiger partial charge in [0.15, 0.2) is 0 Å². The number of nitrogens with zero attached hydrogens (tertiary/aromatic N) is 2. The van der Waals surface area contributed by atoms with E-state index in [9.17, 15) is 8.78 Å². The van der Waals surface area contributed by atoms with E-state index in [0.29, 0.717) is 29.3 Å². The van der Waals surface area contributed by atoms with Gasteiger partial charge in [0, 0.05) is 18.2 Å². The molecule has 0 aliphatic rings. The number of halogens is 3. The maximum atomic E-state index is 13.1. The van der Waals surface area contributed by atoms with E-state index in [4.69, 9.17) is 11.6 Å². The van der Waals surface area contributed by atoms with Gasteiger partial charge >= 0.3 is 0 Å². The summed E-state index contributed by atoms with van der Waals surface area (Å²) in [5.41, 5.74) is 1.08. The molecule has 23 heavy (non-hydrogen) atoms. The number of hydrogen-bond donors (Lipinski definition) is 1. The Balaban J connectivity index is 1.79. The maximum Gasteiger partial charge on any atom is 0.264 e. The van der Waals surface area contributed by atoms with Gasteiger partial charge in [-0.1, -0.05) is 48.0 Å². The molecule has 3 rings (SSSR count). The van der Waals surface area contributed by atoms with E-state index in [1.54, 1.807) is 24.3 Å². The Hall–Kier alpha value is -2.27. The first-order valence-electron chi connectivity index (χ1n) is 7.15. The van der Waals surface area contributed by atoms with E-state index in [1.165, 1.54) is 12.4 Å². The first-order valence-corrected chi connectivity index (χ1v) is 7.53. The quantitative estimate of drug-likeness (QED) is 0.676. The van der Waals surface area contributed by atoms with Gasteiger partial charge in [0.05, 0.1) is 0 Å². The SMILES string of the molecule is FC(F)c1ccc(CCNc2cc(Cl)ncn2)c2ccccc12. The Morgan fingerprint density at radius 1 is 1.04 bits per heavy atom. The molecule has 1 heterocycles. The molecule has 0 aliphatic heterocycles. The van der Waals surface area contributed by atoms with Gasteiger partial charge in [-0.3, -0.25) is 0 Å². The van der Waals surface area contributed by atoms with Crippen LogP contribution in [-0.4, -0.2) is 16.5 Å². The summed E-state index contributed by atoms with van der Waals surface area (Å²) in [5.74, 6) is 0.638. The summed E-state index contributed by atoms with van der Waals surface area (Å²) < 4.78 is 26.2. The molecule has 2 aromatic carbocycles. The van der Waals surface area contributed by atoms with Crippen LogP contribution in [0.3, 0.4) is 0 Å². The molecule has 0 spiro atoms. The highest BCUT2D eigenvalue weighted by atomic mass is 35.5.